The summed E-state index contributed by atoms with van der Waals surface area (Å²) in [6.45, 7) is 5.93. The van der Waals surface area contributed by atoms with Gasteiger partial charge in [0.15, 0.2) is 0 Å². The van der Waals surface area contributed by atoms with Crippen LogP contribution in [-0.4, -0.2) is 13.1 Å². The summed E-state index contributed by atoms with van der Waals surface area (Å²) in [6, 6.07) is 2.10. The summed E-state index contributed by atoms with van der Waals surface area (Å²) >= 11 is 0. The average Bonchev–Trinajstić information content (AvgIpc) is 2.67. The molecule has 4 heteroatoms. The van der Waals surface area contributed by atoms with E-state index in [1.165, 1.54) is 12.3 Å². The monoisotopic (exact) mass is 253 g/mol. The van der Waals surface area contributed by atoms with Crippen molar-refractivity contribution in [1.29, 1.82) is 0 Å². The maximum absolute atomic E-state index is 13.7. The first kappa shape index (κ1) is 13.0. The molecule has 0 aliphatic heterocycles. The van der Waals surface area contributed by atoms with Crippen molar-refractivity contribution in [1.82, 2.24) is 5.32 Å². The number of hydrogen-bond acceptors (Lipinski definition) is 2. The van der Waals surface area contributed by atoms with Gasteiger partial charge in [0.25, 0.3) is 0 Å². The van der Waals surface area contributed by atoms with Crippen molar-refractivity contribution in [2.45, 2.75) is 20.3 Å². The third-order valence-electron chi connectivity index (χ3n) is 2.79. The van der Waals surface area contributed by atoms with Crippen molar-refractivity contribution >= 4 is 11.0 Å². The van der Waals surface area contributed by atoms with Crippen molar-refractivity contribution in [2.24, 2.45) is 5.92 Å². The maximum atomic E-state index is 13.7. The topological polar surface area (TPSA) is 25.2 Å². The zero-order valence-corrected chi connectivity index (χ0v) is 10.6. The maximum Gasteiger partial charge on any atom is 0.140 e. The number of nitrogens with one attached hydrogen (secondary N) is 1. The van der Waals surface area contributed by atoms with Gasteiger partial charge in [-0.3, -0.25) is 0 Å². The molecule has 1 heterocycles. The molecule has 2 rings (SSSR count). The lowest BCUT2D eigenvalue weighted by Crippen LogP contribution is -2.22. The van der Waals surface area contributed by atoms with E-state index < -0.39 is 11.6 Å². The van der Waals surface area contributed by atoms with E-state index in [-0.39, 0.29) is 5.58 Å². The summed E-state index contributed by atoms with van der Waals surface area (Å²) in [5.41, 5.74) is 1.05. The molecule has 0 fully saturated rings. The first-order valence-electron chi connectivity index (χ1n) is 6.13. The fourth-order valence-electron chi connectivity index (χ4n) is 1.95. The van der Waals surface area contributed by atoms with Crippen molar-refractivity contribution in [3.05, 3.63) is 35.6 Å². The standard InChI is InChI=1S/C14H17F2NO/c1-9(2)7-17-4-3-10-8-18-13-6-11(15)5-12(16)14(10)13/h5-6,8-9,17H,3-4,7H2,1-2H3. The van der Waals surface area contributed by atoms with Gasteiger partial charge in [-0.05, 0) is 25.4 Å². The highest BCUT2D eigenvalue weighted by molar-refractivity contribution is 5.81. The molecule has 0 atom stereocenters. The van der Waals surface area contributed by atoms with E-state index in [0.29, 0.717) is 17.7 Å². The predicted octanol–water partition coefficient (Wildman–Crippen LogP) is 3.50. The fourth-order valence-corrected chi connectivity index (χ4v) is 1.95. The lowest BCUT2D eigenvalue weighted by atomic mass is 10.1. The van der Waals surface area contributed by atoms with E-state index in [1.54, 1.807) is 0 Å². The average molecular weight is 253 g/mol. The Morgan fingerprint density at radius 1 is 1.28 bits per heavy atom. The minimum atomic E-state index is -0.612. The fraction of sp³-hybridized carbons (Fsp3) is 0.429. The van der Waals surface area contributed by atoms with E-state index in [0.717, 1.165) is 24.7 Å². The largest absolute Gasteiger partial charge is 0.464 e. The molecule has 0 radical (unpaired) electrons. The highest BCUT2D eigenvalue weighted by atomic mass is 19.1. The van der Waals surface area contributed by atoms with Gasteiger partial charge in [-0.25, -0.2) is 8.78 Å². The Bertz CT molecular complexity index is 534. The molecule has 0 saturated carbocycles. The minimum absolute atomic E-state index is 0.270. The first-order valence-corrected chi connectivity index (χ1v) is 6.13. The molecule has 0 aliphatic carbocycles. The van der Waals surface area contributed by atoms with E-state index in [2.05, 4.69) is 19.2 Å². The molecule has 1 aromatic carbocycles. The number of furan rings is 1. The lowest BCUT2D eigenvalue weighted by molar-refractivity contribution is 0.551. The molecule has 1 aromatic heterocycles. The molecule has 98 valence electrons. The number of hydrogen-bond donors (Lipinski definition) is 1. The molecule has 18 heavy (non-hydrogen) atoms. The van der Waals surface area contributed by atoms with E-state index in [4.69, 9.17) is 4.42 Å². The SMILES string of the molecule is CC(C)CNCCc1coc2cc(F)cc(F)c12. The first-order chi connectivity index (χ1) is 8.58. The normalized spacial score (nSPS) is 11.6. The smallest absolute Gasteiger partial charge is 0.140 e. The molecular formula is C14H17F2NO. The van der Waals surface area contributed by atoms with Gasteiger partial charge in [0, 0.05) is 17.7 Å². The molecule has 0 bridgehead atoms. The Morgan fingerprint density at radius 2 is 2.06 bits per heavy atom. The van der Waals surface area contributed by atoms with Crippen molar-refractivity contribution < 1.29 is 13.2 Å². The van der Waals surface area contributed by atoms with Gasteiger partial charge >= 0.3 is 0 Å². The van der Waals surface area contributed by atoms with Gasteiger partial charge in [-0.2, -0.15) is 0 Å². The van der Waals surface area contributed by atoms with E-state index in [1.807, 2.05) is 0 Å². The molecule has 0 amide bonds. The molecule has 0 spiro atoms. The van der Waals surface area contributed by atoms with Crippen LogP contribution in [0, 0.1) is 17.6 Å². The summed E-state index contributed by atoms with van der Waals surface area (Å²) in [6.07, 6.45) is 2.17. The van der Waals surface area contributed by atoms with Gasteiger partial charge in [0.05, 0.1) is 11.6 Å². The molecule has 0 saturated heterocycles. The van der Waals surface area contributed by atoms with Crippen molar-refractivity contribution in [3.63, 3.8) is 0 Å². The van der Waals surface area contributed by atoms with Gasteiger partial charge in [-0.15, -0.1) is 0 Å². The molecule has 0 unspecified atom stereocenters. The highest BCUT2D eigenvalue weighted by Crippen LogP contribution is 2.25. The molecule has 2 aromatic rings. The van der Waals surface area contributed by atoms with Gasteiger partial charge in [0.1, 0.15) is 17.2 Å². The molecule has 1 N–H and O–H groups in total. The van der Waals surface area contributed by atoms with Crippen LogP contribution in [0.1, 0.15) is 19.4 Å². The Labute approximate surface area is 105 Å². The summed E-state index contributed by atoms with van der Waals surface area (Å²) in [4.78, 5) is 0. The van der Waals surface area contributed by atoms with E-state index >= 15 is 0 Å². The summed E-state index contributed by atoms with van der Waals surface area (Å²) in [5, 5.41) is 3.67. The van der Waals surface area contributed by atoms with Crippen LogP contribution in [0.25, 0.3) is 11.0 Å². The van der Waals surface area contributed by atoms with Crippen LogP contribution in [0.3, 0.4) is 0 Å². The highest BCUT2D eigenvalue weighted by Gasteiger charge is 2.12. The Balaban J connectivity index is 2.10. The second kappa shape index (κ2) is 5.48. The third kappa shape index (κ3) is 2.88. The number of fused-ring (bicyclic) bond motifs is 1. The van der Waals surface area contributed by atoms with Crippen LogP contribution < -0.4 is 5.32 Å². The van der Waals surface area contributed by atoms with Crippen molar-refractivity contribution in [2.75, 3.05) is 13.1 Å². The predicted molar refractivity (Wildman–Crippen MR) is 67.5 cm³/mol. The van der Waals surface area contributed by atoms with E-state index in [9.17, 15) is 8.78 Å². The Kier molecular flexibility index (Phi) is 3.97. The molecule has 0 aliphatic rings. The van der Waals surface area contributed by atoms with Crippen molar-refractivity contribution in [3.8, 4) is 0 Å². The molecular weight excluding hydrogens is 236 g/mol. The van der Waals surface area contributed by atoms with Gasteiger partial charge in [0.2, 0.25) is 0 Å². The van der Waals surface area contributed by atoms with Crippen LogP contribution in [0.5, 0.6) is 0 Å². The Hall–Kier alpha value is -1.42. The number of rotatable bonds is 5. The third-order valence-corrected chi connectivity index (χ3v) is 2.79. The Morgan fingerprint density at radius 3 is 2.78 bits per heavy atom. The summed E-state index contributed by atoms with van der Waals surface area (Å²) < 4.78 is 31.8. The van der Waals surface area contributed by atoms with Gasteiger partial charge < -0.3 is 9.73 Å². The second-order valence-corrected chi connectivity index (χ2v) is 4.87. The zero-order chi connectivity index (χ0) is 13.1. The van der Waals surface area contributed by atoms with Crippen LogP contribution in [0.4, 0.5) is 8.78 Å². The number of halogens is 2. The quantitative estimate of drug-likeness (QED) is 0.825. The summed E-state index contributed by atoms with van der Waals surface area (Å²) in [5.74, 6) is -0.589. The van der Waals surface area contributed by atoms with Gasteiger partial charge in [-0.1, -0.05) is 13.8 Å². The second-order valence-electron chi connectivity index (χ2n) is 4.87. The van der Waals surface area contributed by atoms with Crippen LogP contribution in [0.15, 0.2) is 22.8 Å². The number of benzene rings is 1. The molecule has 2 nitrogen and oxygen atoms in total. The van der Waals surface area contributed by atoms with Crippen LogP contribution >= 0.6 is 0 Å². The minimum Gasteiger partial charge on any atom is -0.464 e. The zero-order valence-electron chi connectivity index (χ0n) is 10.6. The summed E-state index contributed by atoms with van der Waals surface area (Å²) in [7, 11) is 0. The lowest BCUT2D eigenvalue weighted by Gasteiger charge is -2.06. The van der Waals surface area contributed by atoms with Crippen LogP contribution in [0.2, 0.25) is 0 Å². The van der Waals surface area contributed by atoms with Crippen LogP contribution in [-0.2, 0) is 6.42 Å².